The zero-order chi connectivity index (χ0) is 9.68. The Morgan fingerprint density at radius 3 is 2.46 bits per heavy atom. The summed E-state index contributed by atoms with van der Waals surface area (Å²) in [5.41, 5.74) is 0. The van der Waals surface area contributed by atoms with E-state index in [1.807, 2.05) is 0 Å². The van der Waals surface area contributed by atoms with E-state index in [0.29, 0.717) is 0 Å². The SMILES string of the molecule is COOc1ccccc1OS(=O)F. The zero-order valence-corrected chi connectivity index (χ0v) is 7.55. The number of hydrogen-bond donors (Lipinski definition) is 0. The molecule has 1 atom stereocenters. The molecular weight excluding hydrogens is 199 g/mol. The Hall–Kier alpha value is -1.14. The summed E-state index contributed by atoms with van der Waals surface area (Å²) >= 11 is -2.87. The zero-order valence-electron chi connectivity index (χ0n) is 6.73. The molecule has 0 fully saturated rings. The van der Waals surface area contributed by atoms with Crippen molar-refractivity contribution < 1.29 is 22.1 Å². The number of rotatable bonds is 4. The van der Waals surface area contributed by atoms with Crippen LogP contribution in [0.1, 0.15) is 0 Å². The maximum absolute atomic E-state index is 12.0. The molecule has 0 saturated carbocycles. The Kier molecular flexibility index (Phi) is 3.66. The molecule has 4 nitrogen and oxygen atoms in total. The monoisotopic (exact) mass is 206 g/mol. The normalized spacial score (nSPS) is 12.2. The Labute approximate surface area is 77.1 Å². The van der Waals surface area contributed by atoms with Crippen LogP contribution in [0, 0.1) is 0 Å². The first kappa shape index (κ1) is 9.94. The molecule has 0 aliphatic carbocycles. The number of para-hydroxylation sites is 2. The minimum absolute atomic E-state index is 0.0187. The summed E-state index contributed by atoms with van der Waals surface area (Å²) in [6.45, 7) is 0. The van der Waals surface area contributed by atoms with Gasteiger partial charge < -0.3 is 9.07 Å². The quantitative estimate of drug-likeness (QED) is 0.426. The highest BCUT2D eigenvalue weighted by Gasteiger charge is 2.07. The van der Waals surface area contributed by atoms with Crippen molar-refractivity contribution >= 4 is 11.5 Å². The highest BCUT2D eigenvalue weighted by Crippen LogP contribution is 2.27. The van der Waals surface area contributed by atoms with Crippen molar-refractivity contribution in [1.29, 1.82) is 0 Å². The summed E-state index contributed by atoms with van der Waals surface area (Å²) in [4.78, 5) is 8.96. The molecular formula is C7H7FO4S. The van der Waals surface area contributed by atoms with Crippen molar-refractivity contribution in [2.75, 3.05) is 7.11 Å². The van der Waals surface area contributed by atoms with Gasteiger partial charge in [0.2, 0.25) is 5.75 Å². The average molecular weight is 206 g/mol. The van der Waals surface area contributed by atoms with Gasteiger partial charge >= 0.3 is 11.5 Å². The lowest BCUT2D eigenvalue weighted by atomic mass is 10.3. The average Bonchev–Trinajstić information content (AvgIpc) is 2.08. The van der Waals surface area contributed by atoms with Crippen LogP contribution in [0.2, 0.25) is 0 Å². The third-order valence-corrected chi connectivity index (χ3v) is 1.49. The van der Waals surface area contributed by atoms with Gasteiger partial charge in [-0.25, -0.2) is 0 Å². The van der Waals surface area contributed by atoms with E-state index in [1.165, 1.54) is 19.2 Å². The maximum atomic E-state index is 12.0. The highest BCUT2D eigenvalue weighted by molar-refractivity contribution is 7.75. The molecule has 6 heteroatoms. The van der Waals surface area contributed by atoms with Crippen molar-refractivity contribution in [3.8, 4) is 11.5 Å². The van der Waals surface area contributed by atoms with E-state index >= 15 is 0 Å². The molecule has 0 spiro atoms. The van der Waals surface area contributed by atoms with Crippen LogP contribution < -0.4 is 9.07 Å². The van der Waals surface area contributed by atoms with Crippen molar-refractivity contribution in [3.63, 3.8) is 0 Å². The molecule has 0 aliphatic rings. The molecule has 72 valence electrons. The van der Waals surface area contributed by atoms with Crippen molar-refractivity contribution in [1.82, 2.24) is 0 Å². The molecule has 0 aliphatic heterocycles. The summed E-state index contributed by atoms with van der Waals surface area (Å²) < 4.78 is 26.4. The lowest BCUT2D eigenvalue weighted by Crippen LogP contribution is -1.97. The van der Waals surface area contributed by atoms with E-state index in [0.717, 1.165) is 0 Å². The lowest BCUT2D eigenvalue weighted by Gasteiger charge is -2.04. The van der Waals surface area contributed by atoms with Crippen molar-refractivity contribution in [3.05, 3.63) is 24.3 Å². The third kappa shape index (κ3) is 3.00. The highest BCUT2D eigenvalue weighted by atomic mass is 32.2. The van der Waals surface area contributed by atoms with E-state index in [1.54, 1.807) is 12.1 Å². The molecule has 0 saturated heterocycles. The van der Waals surface area contributed by atoms with Crippen LogP contribution in [-0.2, 0) is 16.4 Å². The summed E-state index contributed by atoms with van der Waals surface area (Å²) in [5.74, 6) is 0.182. The predicted molar refractivity (Wildman–Crippen MR) is 44.0 cm³/mol. The third-order valence-electron chi connectivity index (χ3n) is 1.18. The second kappa shape index (κ2) is 4.78. The first-order valence-electron chi connectivity index (χ1n) is 3.30. The van der Waals surface area contributed by atoms with Gasteiger partial charge in [0, 0.05) is 0 Å². The van der Waals surface area contributed by atoms with Crippen molar-refractivity contribution in [2.24, 2.45) is 0 Å². The summed E-state index contributed by atoms with van der Waals surface area (Å²) in [7, 11) is 1.29. The van der Waals surface area contributed by atoms with Crippen LogP contribution >= 0.6 is 0 Å². The minimum Gasteiger partial charge on any atom is -0.373 e. The van der Waals surface area contributed by atoms with Crippen LogP contribution in [0.4, 0.5) is 3.89 Å². The van der Waals surface area contributed by atoms with E-state index in [2.05, 4.69) is 14.0 Å². The van der Waals surface area contributed by atoms with Gasteiger partial charge in [0.05, 0.1) is 7.11 Å². The van der Waals surface area contributed by atoms with Gasteiger partial charge in [-0.1, -0.05) is 16.0 Å². The molecule has 0 bridgehead atoms. The van der Waals surface area contributed by atoms with Crippen molar-refractivity contribution in [2.45, 2.75) is 0 Å². The van der Waals surface area contributed by atoms with Gasteiger partial charge in [-0.05, 0) is 12.1 Å². The van der Waals surface area contributed by atoms with Gasteiger partial charge in [0.1, 0.15) is 0 Å². The van der Waals surface area contributed by atoms with Gasteiger partial charge in [0.25, 0.3) is 0 Å². The van der Waals surface area contributed by atoms with Crippen LogP contribution in [0.3, 0.4) is 0 Å². The molecule has 0 N–H and O–H groups in total. The Balaban J connectivity index is 2.84. The smallest absolute Gasteiger partial charge is 0.373 e. The Bertz CT molecular complexity index is 304. The fourth-order valence-corrected chi connectivity index (χ4v) is 1.03. The summed E-state index contributed by atoms with van der Waals surface area (Å²) in [6.07, 6.45) is 0. The first-order chi connectivity index (χ1) is 6.24. The number of hydrogen-bond acceptors (Lipinski definition) is 4. The molecule has 1 rings (SSSR count). The number of benzene rings is 1. The van der Waals surface area contributed by atoms with Gasteiger partial charge in [-0.2, -0.15) is 9.10 Å². The number of halogens is 1. The van der Waals surface area contributed by atoms with Gasteiger partial charge in [-0.15, -0.1) is 0 Å². The summed E-state index contributed by atoms with van der Waals surface area (Å²) in [5, 5.41) is 0. The molecule has 0 heterocycles. The van der Waals surface area contributed by atoms with Crippen LogP contribution in [0.25, 0.3) is 0 Å². The van der Waals surface area contributed by atoms with E-state index in [4.69, 9.17) is 0 Å². The predicted octanol–water partition coefficient (Wildman–Crippen LogP) is 1.55. The maximum Gasteiger partial charge on any atom is 0.401 e. The molecule has 1 aromatic carbocycles. The second-order valence-corrected chi connectivity index (χ2v) is 2.53. The minimum atomic E-state index is -2.87. The fourth-order valence-electron chi connectivity index (χ4n) is 0.748. The molecule has 0 amide bonds. The molecule has 1 aromatic rings. The molecule has 13 heavy (non-hydrogen) atoms. The standard InChI is InChI=1S/C7H7FO4S/c1-10-11-6-4-2-3-5-7(6)12-13(8)9/h2-5H,1H3. The van der Waals surface area contributed by atoms with E-state index in [-0.39, 0.29) is 11.5 Å². The van der Waals surface area contributed by atoms with Gasteiger partial charge in [-0.3, -0.25) is 0 Å². The van der Waals surface area contributed by atoms with Crippen LogP contribution in [-0.4, -0.2) is 11.3 Å². The lowest BCUT2D eigenvalue weighted by molar-refractivity contribution is -0.178. The van der Waals surface area contributed by atoms with E-state index in [9.17, 15) is 8.09 Å². The van der Waals surface area contributed by atoms with Gasteiger partial charge in [0.15, 0.2) is 5.75 Å². The summed E-state index contributed by atoms with van der Waals surface area (Å²) in [6, 6.07) is 6.13. The molecule has 0 aromatic heterocycles. The molecule has 0 radical (unpaired) electrons. The second-order valence-electron chi connectivity index (χ2n) is 1.97. The molecule has 1 unspecified atom stereocenters. The fraction of sp³-hybridized carbons (Fsp3) is 0.143. The Morgan fingerprint density at radius 1 is 1.31 bits per heavy atom. The van der Waals surface area contributed by atoms with Crippen LogP contribution in [0.5, 0.6) is 11.5 Å². The largest absolute Gasteiger partial charge is 0.401 e. The van der Waals surface area contributed by atoms with Crippen LogP contribution in [0.15, 0.2) is 24.3 Å². The Morgan fingerprint density at radius 2 is 1.92 bits per heavy atom. The van der Waals surface area contributed by atoms with E-state index < -0.39 is 11.5 Å². The topological polar surface area (TPSA) is 44.8 Å². The first-order valence-corrected chi connectivity index (χ1v) is 4.27.